The Bertz CT molecular complexity index is 170. The van der Waals surface area contributed by atoms with Gasteiger partial charge in [0.15, 0.2) is 0 Å². The largest absolute Gasteiger partial charge is 0.396 e. The lowest BCUT2D eigenvalue weighted by molar-refractivity contribution is 0.151. The van der Waals surface area contributed by atoms with Gasteiger partial charge in [-0.1, -0.05) is 66.2 Å². The maximum atomic E-state index is 9.30. The summed E-state index contributed by atoms with van der Waals surface area (Å²) in [7, 11) is 0. The van der Waals surface area contributed by atoms with Gasteiger partial charge in [-0.15, -0.1) is 0 Å². The maximum Gasteiger partial charge on any atom is 0.0494 e. The van der Waals surface area contributed by atoms with E-state index in [-0.39, 0.29) is 12.0 Å². The minimum atomic E-state index is 0.00770. The van der Waals surface area contributed by atoms with Crippen molar-refractivity contribution >= 4 is 0 Å². The van der Waals surface area contributed by atoms with Crippen molar-refractivity contribution in [1.82, 2.24) is 5.32 Å². The fourth-order valence-electron chi connectivity index (χ4n) is 2.11. The number of hydrogen-bond acceptors (Lipinski definition) is 2. The summed E-state index contributed by atoms with van der Waals surface area (Å²) < 4.78 is 0. The molecule has 0 spiro atoms. The van der Waals surface area contributed by atoms with Crippen LogP contribution in [0.25, 0.3) is 0 Å². The number of hydrogen-bond donors (Lipinski definition) is 2. The van der Waals surface area contributed by atoms with Gasteiger partial charge in [0.05, 0.1) is 0 Å². The lowest BCUT2D eigenvalue weighted by Crippen LogP contribution is -2.38. The predicted molar refractivity (Wildman–Crippen MR) is 80.9 cm³/mol. The van der Waals surface area contributed by atoms with Gasteiger partial charge < -0.3 is 10.4 Å². The Morgan fingerprint density at radius 1 is 0.944 bits per heavy atom. The highest BCUT2D eigenvalue weighted by Crippen LogP contribution is 2.15. The molecule has 0 bridgehead atoms. The summed E-state index contributed by atoms with van der Waals surface area (Å²) in [5, 5.41) is 13.0. The molecule has 0 heterocycles. The molecule has 0 aromatic carbocycles. The standard InChI is InChI=1S/C16H35NO/c1-5-7-9-11-15(12-10-8-6-2)17-13-16(3,4)14-18/h15,17-18H,5-14H2,1-4H3. The summed E-state index contributed by atoms with van der Waals surface area (Å²) in [5.41, 5.74) is 0.00770. The Kier molecular flexibility index (Phi) is 10.8. The third-order valence-electron chi connectivity index (χ3n) is 3.61. The molecule has 0 unspecified atom stereocenters. The van der Waals surface area contributed by atoms with Crippen molar-refractivity contribution in [3.63, 3.8) is 0 Å². The zero-order valence-electron chi connectivity index (χ0n) is 13.1. The first-order chi connectivity index (χ1) is 8.55. The first kappa shape index (κ1) is 17.9. The molecule has 0 aromatic rings. The molecule has 0 aromatic heterocycles. The lowest BCUT2D eigenvalue weighted by atomic mass is 9.93. The van der Waals surface area contributed by atoms with Crippen molar-refractivity contribution in [3.8, 4) is 0 Å². The van der Waals surface area contributed by atoms with E-state index in [0.29, 0.717) is 6.04 Å². The van der Waals surface area contributed by atoms with E-state index < -0.39 is 0 Å². The average Bonchev–Trinajstić information content (AvgIpc) is 2.36. The van der Waals surface area contributed by atoms with Crippen LogP contribution < -0.4 is 5.32 Å². The molecule has 0 radical (unpaired) electrons. The maximum absolute atomic E-state index is 9.30. The summed E-state index contributed by atoms with van der Waals surface area (Å²) in [5.74, 6) is 0. The second-order valence-electron chi connectivity index (χ2n) is 6.39. The Morgan fingerprint density at radius 3 is 1.83 bits per heavy atom. The normalized spacial score (nSPS) is 12.3. The number of nitrogens with one attached hydrogen (secondary N) is 1. The lowest BCUT2D eigenvalue weighted by Gasteiger charge is -2.27. The third kappa shape index (κ3) is 9.90. The zero-order chi connectivity index (χ0) is 13.9. The highest BCUT2D eigenvalue weighted by Gasteiger charge is 2.18. The molecule has 110 valence electrons. The summed E-state index contributed by atoms with van der Waals surface area (Å²) in [6.07, 6.45) is 10.5. The van der Waals surface area contributed by atoms with Crippen molar-refractivity contribution in [2.45, 2.75) is 85.1 Å². The van der Waals surface area contributed by atoms with Crippen LogP contribution in [-0.2, 0) is 0 Å². The molecule has 0 saturated heterocycles. The minimum absolute atomic E-state index is 0.00770. The Labute approximate surface area is 115 Å². The van der Waals surface area contributed by atoms with Crippen LogP contribution in [0.2, 0.25) is 0 Å². The van der Waals surface area contributed by atoms with Crippen LogP contribution in [0.15, 0.2) is 0 Å². The second-order valence-corrected chi connectivity index (χ2v) is 6.39. The van der Waals surface area contributed by atoms with E-state index in [1.807, 2.05) is 0 Å². The fraction of sp³-hybridized carbons (Fsp3) is 1.00. The molecular weight excluding hydrogens is 222 g/mol. The first-order valence-corrected chi connectivity index (χ1v) is 7.90. The van der Waals surface area contributed by atoms with Gasteiger partial charge in [-0.2, -0.15) is 0 Å². The van der Waals surface area contributed by atoms with E-state index in [2.05, 4.69) is 33.0 Å². The molecule has 0 fully saturated rings. The van der Waals surface area contributed by atoms with Crippen LogP contribution in [0, 0.1) is 5.41 Å². The number of aliphatic hydroxyl groups excluding tert-OH is 1. The topological polar surface area (TPSA) is 32.3 Å². The fourth-order valence-corrected chi connectivity index (χ4v) is 2.11. The summed E-state index contributed by atoms with van der Waals surface area (Å²) in [4.78, 5) is 0. The molecule has 2 N–H and O–H groups in total. The monoisotopic (exact) mass is 257 g/mol. The quantitative estimate of drug-likeness (QED) is 0.515. The van der Waals surface area contributed by atoms with Crippen molar-refractivity contribution in [3.05, 3.63) is 0 Å². The molecule has 0 atom stereocenters. The number of aliphatic hydroxyl groups is 1. The van der Waals surface area contributed by atoms with Gasteiger partial charge in [0.1, 0.15) is 0 Å². The van der Waals surface area contributed by atoms with Gasteiger partial charge in [-0.25, -0.2) is 0 Å². The van der Waals surface area contributed by atoms with Crippen molar-refractivity contribution in [2.24, 2.45) is 5.41 Å². The van der Waals surface area contributed by atoms with Crippen molar-refractivity contribution in [1.29, 1.82) is 0 Å². The molecule has 0 aliphatic rings. The minimum Gasteiger partial charge on any atom is -0.396 e. The highest BCUT2D eigenvalue weighted by atomic mass is 16.3. The van der Waals surface area contributed by atoms with Gasteiger partial charge in [-0.3, -0.25) is 0 Å². The molecule has 2 heteroatoms. The number of rotatable bonds is 12. The summed E-state index contributed by atoms with van der Waals surface area (Å²) in [6, 6.07) is 0.647. The van der Waals surface area contributed by atoms with Crippen LogP contribution in [0.3, 0.4) is 0 Å². The molecule has 18 heavy (non-hydrogen) atoms. The zero-order valence-corrected chi connectivity index (χ0v) is 13.1. The Hall–Kier alpha value is -0.0800. The summed E-state index contributed by atoms with van der Waals surface area (Å²) in [6.45, 7) is 9.94. The van der Waals surface area contributed by atoms with Crippen molar-refractivity contribution < 1.29 is 5.11 Å². The first-order valence-electron chi connectivity index (χ1n) is 7.90. The predicted octanol–water partition coefficient (Wildman–Crippen LogP) is 4.12. The smallest absolute Gasteiger partial charge is 0.0494 e. The van der Waals surface area contributed by atoms with E-state index in [1.165, 1.54) is 51.4 Å². The SMILES string of the molecule is CCCCCC(CCCCC)NCC(C)(C)CO. The van der Waals surface area contributed by atoms with E-state index in [0.717, 1.165) is 6.54 Å². The van der Waals surface area contributed by atoms with E-state index >= 15 is 0 Å². The molecule has 0 amide bonds. The summed E-state index contributed by atoms with van der Waals surface area (Å²) >= 11 is 0. The molecular formula is C16H35NO. The average molecular weight is 257 g/mol. The number of unbranched alkanes of at least 4 members (excludes halogenated alkanes) is 4. The van der Waals surface area contributed by atoms with Gasteiger partial charge in [0.2, 0.25) is 0 Å². The molecule has 0 aliphatic heterocycles. The Balaban J connectivity index is 3.94. The van der Waals surface area contributed by atoms with Gasteiger partial charge >= 0.3 is 0 Å². The Morgan fingerprint density at radius 2 is 1.44 bits per heavy atom. The van der Waals surface area contributed by atoms with Crippen LogP contribution >= 0.6 is 0 Å². The van der Waals surface area contributed by atoms with E-state index in [1.54, 1.807) is 0 Å². The van der Waals surface area contributed by atoms with E-state index in [9.17, 15) is 5.11 Å². The van der Waals surface area contributed by atoms with Crippen molar-refractivity contribution in [2.75, 3.05) is 13.2 Å². The highest BCUT2D eigenvalue weighted by molar-refractivity contribution is 4.75. The third-order valence-corrected chi connectivity index (χ3v) is 3.61. The van der Waals surface area contributed by atoms with Gasteiger partial charge in [-0.05, 0) is 12.8 Å². The molecule has 0 rings (SSSR count). The van der Waals surface area contributed by atoms with Gasteiger partial charge in [0.25, 0.3) is 0 Å². The molecule has 2 nitrogen and oxygen atoms in total. The van der Waals surface area contributed by atoms with Crippen LogP contribution in [0.4, 0.5) is 0 Å². The van der Waals surface area contributed by atoms with Crippen LogP contribution in [-0.4, -0.2) is 24.3 Å². The second kappa shape index (κ2) is 10.8. The molecule has 0 aliphatic carbocycles. The molecule has 0 saturated carbocycles. The van der Waals surface area contributed by atoms with Crippen LogP contribution in [0.1, 0.15) is 79.1 Å². The van der Waals surface area contributed by atoms with Gasteiger partial charge in [0, 0.05) is 24.6 Å². The van der Waals surface area contributed by atoms with E-state index in [4.69, 9.17) is 0 Å². The van der Waals surface area contributed by atoms with Crippen LogP contribution in [0.5, 0.6) is 0 Å².